The molecule has 0 radical (unpaired) electrons. The largest absolute Gasteiger partial charge is 0.323 e. The van der Waals surface area contributed by atoms with Crippen molar-refractivity contribution in [2.75, 3.05) is 5.32 Å². The van der Waals surface area contributed by atoms with Crippen LogP contribution in [0.1, 0.15) is 66.3 Å². The molecule has 0 aliphatic carbocycles. The average Bonchev–Trinajstić information content (AvgIpc) is 2.97. The zero-order chi connectivity index (χ0) is 21.8. The van der Waals surface area contributed by atoms with Crippen molar-refractivity contribution < 1.29 is 14.4 Å². The van der Waals surface area contributed by atoms with Crippen LogP contribution in [0.4, 0.5) is 5.69 Å². The molecule has 3 amide bonds. The summed E-state index contributed by atoms with van der Waals surface area (Å²) < 4.78 is 0.787. The molecule has 1 N–H and O–H groups in total. The van der Waals surface area contributed by atoms with Crippen molar-refractivity contribution >= 4 is 39.3 Å². The first-order valence-corrected chi connectivity index (χ1v) is 11.2. The molecule has 0 fully saturated rings. The van der Waals surface area contributed by atoms with Gasteiger partial charge in [-0.05, 0) is 70.9 Å². The second-order valence-electron chi connectivity index (χ2n) is 8.08. The minimum atomic E-state index is -0.871. The molecular formula is C24H27BrN2O3. The third-order valence-corrected chi connectivity index (χ3v) is 5.90. The molecule has 0 saturated carbocycles. The molecule has 6 heteroatoms. The Kier molecular flexibility index (Phi) is 7.08. The molecule has 2 aromatic carbocycles. The number of anilines is 1. The fraction of sp³-hybridized carbons (Fsp3) is 0.375. The van der Waals surface area contributed by atoms with Gasteiger partial charge in [0, 0.05) is 4.47 Å². The standard InChI is InChI=1S/C24H27BrN2O3/c1-4-5-8-16-11-12-20(19(25)14-16)26-22(28)21(13-15(2)3)27-23(29)17-9-6-7-10-18(17)24(27)30/h6-7,9-12,14-15,21H,4-5,8,13H2,1-3H3,(H,26,28). The van der Waals surface area contributed by atoms with E-state index in [4.69, 9.17) is 0 Å². The summed E-state index contributed by atoms with van der Waals surface area (Å²) in [5, 5.41) is 2.91. The molecular weight excluding hydrogens is 444 g/mol. The predicted molar refractivity (Wildman–Crippen MR) is 122 cm³/mol. The van der Waals surface area contributed by atoms with Gasteiger partial charge in [-0.2, -0.15) is 0 Å². The number of nitrogens with one attached hydrogen (secondary N) is 1. The summed E-state index contributed by atoms with van der Waals surface area (Å²) in [6, 6.07) is 11.7. The number of benzene rings is 2. The van der Waals surface area contributed by atoms with Gasteiger partial charge in [0.05, 0.1) is 16.8 Å². The van der Waals surface area contributed by atoms with Gasteiger partial charge in [0.2, 0.25) is 5.91 Å². The lowest BCUT2D eigenvalue weighted by Gasteiger charge is -2.27. The molecule has 0 bridgehead atoms. The quantitative estimate of drug-likeness (QED) is 0.522. The summed E-state index contributed by atoms with van der Waals surface area (Å²) >= 11 is 3.54. The number of carbonyl (C=O) groups excluding carboxylic acids is 3. The average molecular weight is 471 g/mol. The molecule has 3 rings (SSSR count). The van der Waals surface area contributed by atoms with Gasteiger partial charge in [-0.1, -0.05) is 45.4 Å². The molecule has 0 aromatic heterocycles. The molecule has 1 aliphatic heterocycles. The lowest BCUT2D eigenvalue weighted by atomic mass is 10.0. The molecule has 1 aliphatic rings. The Balaban J connectivity index is 1.84. The molecule has 158 valence electrons. The lowest BCUT2D eigenvalue weighted by Crippen LogP contribution is -2.48. The normalized spacial score (nSPS) is 14.2. The van der Waals surface area contributed by atoms with E-state index < -0.39 is 17.9 Å². The Morgan fingerprint density at radius 1 is 1.07 bits per heavy atom. The minimum Gasteiger partial charge on any atom is -0.323 e. The Morgan fingerprint density at radius 3 is 2.23 bits per heavy atom. The van der Waals surface area contributed by atoms with E-state index in [9.17, 15) is 14.4 Å². The highest BCUT2D eigenvalue weighted by Crippen LogP contribution is 2.29. The minimum absolute atomic E-state index is 0.130. The zero-order valence-corrected chi connectivity index (χ0v) is 19.2. The third kappa shape index (κ3) is 4.64. The maximum Gasteiger partial charge on any atom is 0.262 e. The van der Waals surface area contributed by atoms with Crippen molar-refractivity contribution in [2.45, 2.75) is 52.5 Å². The number of hydrogen-bond donors (Lipinski definition) is 1. The number of rotatable bonds is 8. The smallest absolute Gasteiger partial charge is 0.262 e. The van der Waals surface area contributed by atoms with Gasteiger partial charge < -0.3 is 5.32 Å². The van der Waals surface area contributed by atoms with Crippen molar-refractivity contribution in [3.8, 4) is 0 Å². The number of unbranched alkanes of at least 4 members (excludes halogenated alkanes) is 1. The van der Waals surface area contributed by atoms with E-state index in [1.807, 2.05) is 32.0 Å². The van der Waals surface area contributed by atoms with Crippen LogP contribution < -0.4 is 5.32 Å². The second-order valence-corrected chi connectivity index (χ2v) is 8.93. The SMILES string of the molecule is CCCCc1ccc(NC(=O)C(CC(C)C)N2C(=O)c3ccccc3C2=O)c(Br)c1. The number of aryl methyl sites for hydroxylation is 1. The molecule has 0 saturated heterocycles. The van der Waals surface area contributed by atoms with E-state index in [0.717, 1.165) is 28.6 Å². The van der Waals surface area contributed by atoms with Crippen LogP contribution >= 0.6 is 15.9 Å². The van der Waals surface area contributed by atoms with E-state index >= 15 is 0 Å². The Bertz CT molecular complexity index is 936. The van der Waals surface area contributed by atoms with Crippen LogP contribution in [-0.2, 0) is 11.2 Å². The van der Waals surface area contributed by atoms with Gasteiger partial charge in [-0.25, -0.2) is 0 Å². The van der Waals surface area contributed by atoms with Crippen LogP contribution in [0.5, 0.6) is 0 Å². The van der Waals surface area contributed by atoms with Crippen LogP contribution in [0.2, 0.25) is 0 Å². The number of amides is 3. The second kappa shape index (κ2) is 9.56. The number of fused-ring (bicyclic) bond motifs is 1. The fourth-order valence-electron chi connectivity index (χ4n) is 3.68. The van der Waals surface area contributed by atoms with E-state index in [2.05, 4.69) is 28.2 Å². The summed E-state index contributed by atoms with van der Waals surface area (Å²) in [5.74, 6) is -1.05. The zero-order valence-electron chi connectivity index (χ0n) is 17.6. The fourth-order valence-corrected chi connectivity index (χ4v) is 4.20. The molecule has 30 heavy (non-hydrogen) atoms. The Hall–Kier alpha value is -2.47. The number of imide groups is 1. The van der Waals surface area contributed by atoms with Crippen LogP contribution in [0.15, 0.2) is 46.9 Å². The van der Waals surface area contributed by atoms with Gasteiger partial charge in [0.1, 0.15) is 6.04 Å². The van der Waals surface area contributed by atoms with Crippen molar-refractivity contribution in [2.24, 2.45) is 5.92 Å². The lowest BCUT2D eigenvalue weighted by molar-refractivity contribution is -0.120. The van der Waals surface area contributed by atoms with Gasteiger partial charge in [0.15, 0.2) is 0 Å². The van der Waals surface area contributed by atoms with Crippen molar-refractivity contribution in [1.82, 2.24) is 4.90 Å². The predicted octanol–water partition coefficient (Wildman–Crippen LogP) is 5.44. The highest BCUT2D eigenvalue weighted by atomic mass is 79.9. The van der Waals surface area contributed by atoms with Gasteiger partial charge in [-0.3, -0.25) is 19.3 Å². The summed E-state index contributed by atoms with van der Waals surface area (Å²) in [7, 11) is 0. The summed E-state index contributed by atoms with van der Waals surface area (Å²) in [6.45, 7) is 6.09. The van der Waals surface area contributed by atoms with Crippen molar-refractivity contribution in [3.63, 3.8) is 0 Å². The monoisotopic (exact) mass is 470 g/mol. The number of halogens is 1. The molecule has 2 aromatic rings. The molecule has 1 atom stereocenters. The maximum atomic E-state index is 13.2. The van der Waals surface area contributed by atoms with E-state index in [1.54, 1.807) is 24.3 Å². The van der Waals surface area contributed by atoms with E-state index in [-0.39, 0.29) is 11.8 Å². The van der Waals surface area contributed by atoms with Crippen molar-refractivity contribution in [1.29, 1.82) is 0 Å². The Labute approximate surface area is 186 Å². The topological polar surface area (TPSA) is 66.5 Å². The highest BCUT2D eigenvalue weighted by Gasteiger charge is 2.42. The maximum absolute atomic E-state index is 13.2. The number of carbonyl (C=O) groups is 3. The first-order chi connectivity index (χ1) is 14.3. The number of hydrogen-bond acceptors (Lipinski definition) is 3. The highest BCUT2D eigenvalue weighted by molar-refractivity contribution is 9.10. The van der Waals surface area contributed by atoms with Crippen LogP contribution in [0.3, 0.4) is 0 Å². The first-order valence-electron chi connectivity index (χ1n) is 10.4. The third-order valence-electron chi connectivity index (χ3n) is 5.24. The first kappa shape index (κ1) is 22.2. The number of nitrogens with zero attached hydrogens (tertiary/aromatic N) is 1. The van der Waals surface area contributed by atoms with E-state index in [0.29, 0.717) is 23.2 Å². The molecule has 1 unspecified atom stereocenters. The van der Waals surface area contributed by atoms with Crippen LogP contribution in [0.25, 0.3) is 0 Å². The van der Waals surface area contributed by atoms with Gasteiger partial charge >= 0.3 is 0 Å². The van der Waals surface area contributed by atoms with Crippen LogP contribution in [0, 0.1) is 5.92 Å². The summed E-state index contributed by atoms with van der Waals surface area (Å²) in [6.07, 6.45) is 3.60. The Morgan fingerprint density at radius 2 is 1.70 bits per heavy atom. The van der Waals surface area contributed by atoms with E-state index in [1.165, 1.54) is 5.56 Å². The van der Waals surface area contributed by atoms with Crippen molar-refractivity contribution in [3.05, 3.63) is 63.6 Å². The van der Waals surface area contributed by atoms with Gasteiger partial charge in [-0.15, -0.1) is 0 Å². The molecule has 5 nitrogen and oxygen atoms in total. The molecule has 1 heterocycles. The summed E-state index contributed by atoms with van der Waals surface area (Å²) in [5.41, 5.74) is 2.53. The van der Waals surface area contributed by atoms with Gasteiger partial charge in [0.25, 0.3) is 11.8 Å². The summed E-state index contributed by atoms with van der Waals surface area (Å²) in [4.78, 5) is 40.2. The van der Waals surface area contributed by atoms with Crippen LogP contribution in [-0.4, -0.2) is 28.7 Å². The molecule has 0 spiro atoms.